The minimum atomic E-state index is -0.986. The van der Waals surface area contributed by atoms with Crippen molar-refractivity contribution in [3.8, 4) is 34.5 Å². The normalized spacial score (nSPS) is 19.5. The molecule has 8 rings (SSSR count). The standard InChI is InChI=1S/C56H60O6/c1-9-37(5)57-44-25-27-48(52(35-44)59-39(7)11-3)55(42-19-15-13-16-20-42)33-31-46-50(61-55)29-23-41-24-30-51-47(54(41)46)32-34-56(62-51,43-21-17-14-18-22-43)49-28-26-45(58-38(6)10-2)36-53(49)60-40(8)12-4/h13-40H,9-12H2,1-8H3. The zero-order chi connectivity index (χ0) is 43.4. The van der Waals surface area contributed by atoms with Crippen molar-refractivity contribution in [2.75, 3.05) is 0 Å². The number of rotatable bonds is 16. The molecule has 2 heterocycles. The van der Waals surface area contributed by atoms with Crippen molar-refractivity contribution in [1.82, 2.24) is 0 Å². The zero-order valence-electron chi connectivity index (χ0n) is 37.4. The Bertz CT molecular complexity index is 2390. The maximum absolute atomic E-state index is 7.38. The second-order valence-corrected chi connectivity index (χ2v) is 16.8. The maximum atomic E-state index is 7.38. The third-order valence-corrected chi connectivity index (χ3v) is 12.4. The van der Waals surface area contributed by atoms with Crippen molar-refractivity contribution < 1.29 is 28.4 Å². The number of hydrogen-bond acceptors (Lipinski definition) is 6. The number of fused-ring (bicyclic) bond motifs is 5. The second kappa shape index (κ2) is 18.1. The fourth-order valence-corrected chi connectivity index (χ4v) is 8.23. The molecule has 0 radical (unpaired) electrons. The van der Waals surface area contributed by atoms with Crippen molar-refractivity contribution >= 4 is 22.9 Å². The van der Waals surface area contributed by atoms with E-state index in [2.05, 4.69) is 165 Å². The van der Waals surface area contributed by atoms with Gasteiger partial charge in [0.1, 0.15) is 34.5 Å². The highest BCUT2D eigenvalue weighted by molar-refractivity contribution is 6.02. The lowest BCUT2D eigenvalue weighted by Crippen LogP contribution is -2.35. The Morgan fingerprint density at radius 2 is 0.839 bits per heavy atom. The van der Waals surface area contributed by atoms with Gasteiger partial charge in [-0.3, -0.25) is 0 Å². The molecule has 0 aliphatic carbocycles. The monoisotopic (exact) mass is 828 g/mol. The van der Waals surface area contributed by atoms with E-state index >= 15 is 0 Å². The van der Waals surface area contributed by atoms with E-state index in [0.717, 1.165) is 104 Å². The molecule has 0 amide bonds. The molecule has 2 aliphatic rings. The first-order valence-electron chi connectivity index (χ1n) is 22.5. The van der Waals surface area contributed by atoms with Crippen molar-refractivity contribution in [2.45, 2.75) is 117 Å². The summed E-state index contributed by atoms with van der Waals surface area (Å²) in [6.45, 7) is 16.9. The van der Waals surface area contributed by atoms with Gasteiger partial charge in [-0.05, 0) is 119 Å². The van der Waals surface area contributed by atoms with Gasteiger partial charge in [0.05, 0.1) is 24.4 Å². The molecular weight excluding hydrogens is 769 g/mol. The molecule has 6 unspecified atom stereocenters. The molecule has 6 aromatic carbocycles. The highest BCUT2D eigenvalue weighted by Crippen LogP contribution is 2.52. The lowest BCUT2D eigenvalue weighted by molar-refractivity contribution is 0.146. The fourth-order valence-electron chi connectivity index (χ4n) is 8.23. The molecule has 0 N–H and O–H groups in total. The summed E-state index contributed by atoms with van der Waals surface area (Å²) in [4.78, 5) is 0. The van der Waals surface area contributed by atoms with Crippen molar-refractivity contribution in [1.29, 1.82) is 0 Å². The van der Waals surface area contributed by atoms with Crippen LogP contribution >= 0.6 is 0 Å². The van der Waals surface area contributed by atoms with Crippen LogP contribution in [0, 0.1) is 0 Å². The predicted octanol–water partition coefficient (Wildman–Crippen LogP) is 14.2. The van der Waals surface area contributed by atoms with Gasteiger partial charge in [0.15, 0.2) is 11.2 Å². The van der Waals surface area contributed by atoms with Crippen molar-refractivity contribution in [2.24, 2.45) is 0 Å². The smallest absolute Gasteiger partial charge is 0.181 e. The second-order valence-electron chi connectivity index (χ2n) is 16.8. The van der Waals surface area contributed by atoms with Crippen LogP contribution in [-0.4, -0.2) is 24.4 Å². The van der Waals surface area contributed by atoms with Crippen LogP contribution in [-0.2, 0) is 11.2 Å². The molecule has 6 aromatic rings. The molecule has 0 bridgehead atoms. The molecule has 6 heteroatoms. The Balaban J connectivity index is 1.27. The van der Waals surface area contributed by atoms with Crippen LogP contribution in [0.3, 0.4) is 0 Å². The van der Waals surface area contributed by atoms with Crippen LogP contribution in [0.5, 0.6) is 34.5 Å². The molecule has 320 valence electrons. The minimum absolute atomic E-state index is 0.0146. The first kappa shape index (κ1) is 42.5. The quantitative estimate of drug-likeness (QED) is 0.0969. The topological polar surface area (TPSA) is 55.4 Å². The lowest BCUT2D eigenvalue weighted by Gasteiger charge is -2.39. The summed E-state index contributed by atoms with van der Waals surface area (Å²) >= 11 is 0. The summed E-state index contributed by atoms with van der Waals surface area (Å²) in [5.41, 5.74) is 3.80. The van der Waals surface area contributed by atoms with E-state index in [0.29, 0.717) is 0 Å². The summed E-state index contributed by atoms with van der Waals surface area (Å²) in [6.07, 6.45) is 12.4. The SMILES string of the molecule is CCC(C)Oc1ccc(C2(c3ccccc3)C=Cc3c(ccc4ccc5c(c34)C=CC(c3ccccc3)(c3ccc(OC(C)CC)cc3OC(C)CC)O5)O2)c(OC(C)CC)c1. The molecule has 6 atom stereocenters. The van der Waals surface area contributed by atoms with E-state index in [1.54, 1.807) is 0 Å². The molecule has 0 saturated carbocycles. The highest BCUT2D eigenvalue weighted by atomic mass is 16.5. The zero-order valence-corrected chi connectivity index (χ0v) is 37.4. The Hall–Kier alpha value is -6.14. The van der Waals surface area contributed by atoms with Gasteiger partial charge in [0.25, 0.3) is 0 Å². The average molecular weight is 829 g/mol. The van der Waals surface area contributed by atoms with Crippen LogP contribution in [0.4, 0.5) is 0 Å². The van der Waals surface area contributed by atoms with Gasteiger partial charge in [-0.15, -0.1) is 0 Å². The van der Waals surface area contributed by atoms with Crippen molar-refractivity contribution in [3.05, 3.63) is 167 Å². The molecule has 0 spiro atoms. The maximum Gasteiger partial charge on any atom is 0.181 e. The molecular formula is C56H60O6. The van der Waals surface area contributed by atoms with E-state index in [1.165, 1.54) is 0 Å². The van der Waals surface area contributed by atoms with Crippen molar-refractivity contribution in [3.63, 3.8) is 0 Å². The Labute approximate surface area is 368 Å². The molecule has 2 aliphatic heterocycles. The van der Waals surface area contributed by atoms with Gasteiger partial charge in [0.2, 0.25) is 0 Å². The summed E-state index contributed by atoms with van der Waals surface area (Å²) in [7, 11) is 0. The van der Waals surface area contributed by atoms with Crippen LogP contribution < -0.4 is 28.4 Å². The highest BCUT2D eigenvalue weighted by Gasteiger charge is 2.43. The average Bonchev–Trinajstić information content (AvgIpc) is 3.31. The van der Waals surface area contributed by atoms with Gasteiger partial charge in [0, 0.05) is 50.9 Å². The first-order valence-corrected chi connectivity index (χ1v) is 22.5. The fraction of sp³-hybridized carbons (Fsp3) is 0.321. The summed E-state index contributed by atoms with van der Waals surface area (Å²) in [5, 5.41) is 2.14. The van der Waals surface area contributed by atoms with Crippen LogP contribution in [0.2, 0.25) is 0 Å². The number of ether oxygens (including phenoxy) is 6. The third kappa shape index (κ3) is 8.15. The summed E-state index contributed by atoms with van der Waals surface area (Å²) < 4.78 is 40.8. The van der Waals surface area contributed by atoms with Gasteiger partial charge in [-0.2, -0.15) is 0 Å². The molecule has 62 heavy (non-hydrogen) atoms. The van der Waals surface area contributed by atoms with Crippen LogP contribution in [0.1, 0.15) is 114 Å². The van der Waals surface area contributed by atoms with E-state index in [1.807, 2.05) is 36.4 Å². The van der Waals surface area contributed by atoms with E-state index in [4.69, 9.17) is 28.4 Å². The first-order chi connectivity index (χ1) is 30.1. The molecule has 0 aromatic heterocycles. The number of hydrogen-bond donors (Lipinski definition) is 0. The molecule has 0 saturated heterocycles. The third-order valence-electron chi connectivity index (χ3n) is 12.4. The lowest BCUT2D eigenvalue weighted by atomic mass is 9.81. The van der Waals surface area contributed by atoms with Crippen LogP contribution in [0.15, 0.2) is 133 Å². The Morgan fingerprint density at radius 3 is 1.23 bits per heavy atom. The largest absolute Gasteiger partial charge is 0.491 e. The van der Waals surface area contributed by atoms with E-state index in [-0.39, 0.29) is 24.4 Å². The molecule has 0 fully saturated rings. The van der Waals surface area contributed by atoms with Gasteiger partial charge in [-0.25, -0.2) is 0 Å². The Kier molecular flexibility index (Phi) is 12.4. The number of benzene rings is 6. The van der Waals surface area contributed by atoms with Gasteiger partial charge >= 0.3 is 0 Å². The Morgan fingerprint density at radius 1 is 0.452 bits per heavy atom. The predicted molar refractivity (Wildman–Crippen MR) is 252 cm³/mol. The van der Waals surface area contributed by atoms with Crippen LogP contribution in [0.25, 0.3) is 22.9 Å². The van der Waals surface area contributed by atoms with E-state index < -0.39 is 11.2 Å². The van der Waals surface area contributed by atoms with Gasteiger partial charge < -0.3 is 28.4 Å². The van der Waals surface area contributed by atoms with E-state index in [9.17, 15) is 0 Å². The summed E-state index contributed by atoms with van der Waals surface area (Å²) in [5.74, 6) is 4.55. The van der Waals surface area contributed by atoms with Gasteiger partial charge in [-0.1, -0.05) is 100 Å². The minimum Gasteiger partial charge on any atom is -0.491 e. The molecule has 6 nitrogen and oxygen atoms in total. The summed E-state index contributed by atoms with van der Waals surface area (Å²) in [6, 6.07) is 41.6.